The summed E-state index contributed by atoms with van der Waals surface area (Å²) >= 11 is 6.33. The van der Waals surface area contributed by atoms with Crippen LogP contribution in [0.5, 0.6) is 11.5 Å². The fourth-order valence-corrected chi connectivity index (χ4v) is 3.28. The molecule has 0 aliphatic carbocycles. The number of ether oxygens (including phenoxy) is 2. The van der Waals surface area contributed by atoms with Crippen LogP contribution in [0.25, 0.3) is 6.08 Å². The summed E-state index contributed by atoms with van der Waals surface area (Å²) in [6.45, 7) is 7.72. The molecule has 2 aliphatic heterocycles. The zero-order chi connectivity index (χ0) is 16.1. The van der Waals surface area contributed by atoms with Gasteiger partial charge in [-0.15, -0.1) is 0 Å². The molecule has 0 spiro atoms. The molecule has 2 heterocycles. The summed E-state index contributed by atoms with van der Waals surface area (Å²) in [4.78, 5) is 2.37. The van der Waals surface area contributed by atoms with Crippen LogP contribution in [0.1, 0.15) is 37.7 Å². The van der Waals surface area contributed by atoms with Crippen molar-refractivity contribution >= 4 is 17.7 Å². The zero-order valence-corrected chi connectivity index (χ0v) is 14.3. The Hall–Kier alpha value is -1.61. The average Bonchev–Trinajstić information content (AvgIpc) is 2.95. The van der Waals surface area contributed by atoms with E-state index < -0.39 is 0 Å². The first-order chi connectivity index (χ1) is 11.2. The van der Waals surface area contributed by atoms with Crippen molar-refractivity contribution < 1.29 is 9.47 Å². The maximum Gasteiger partial charge on any atom is 0.179 e. The first-order valence-corrected chi connectivity index (χ1v) is 8.83. The first-order valence-electron chi connectivity index (χ1n) is 8.45. The van der Waals surface area contributed by atoms with Crippen LogP contribution in [-0.4, -0.2) is 31.2 Å². The molecular weight excluding hydrogens is 310 g/mol. The Morgan fingerprint density at radius 2 is 1.78 bits per heavy atom. The molecule has 124 valence electrons. The lowest BCUT2D eigenvalue weighted by Crippen LogP contribution is -2.22. The van der Waals surface area contributed by atoms with Gasteiger partial charge in [0.15, 0.2) is 11.5 Å². The van der Waals surface area contributed by atoms with Crippen molar-refractivity contribution in [3.05, 3.63) is 41.1 Å². The minimum atomic E-state index is 0.601. The van der Waals surface area contributed by atoms with Gasteiger partial charge in [0.1, 0.15) is 0 Å². The van der Waals surface area contributed by atoms with Gasteiger partial charge in [-0.25, -0.2) is 0 Å². The fourth-order valence-electron chi connectivity index (χ4n) is 3.00. The van der Waals surface area contributed by atoms with Crippen LogP contribution in [0.15, 0.2) is 30.5 Å². The smallest absolute Gasteiger partial charge is 0.179 e. The molecule has 23 heavy (non-hydrogen) atoms. The number of likely N-dealkylation sites (tertiary alicyclic amines) is 1. The van der Waals surface area contributed by atoms with Crippen molar-refractivity contribution in [2.24, 2.45) is 0 Å². The van der Waals surface area contributed by atoms with Crippen molar-refractivity contribution in [1.82, 2.24) is 4.90 Å². The highest BCUT2D eigenvalue weighted by atomic mass is 35.5. The van der Waals surface area contributed by atoms with Crippen molar-refractivity contribution in [2.45, 2.75) is 32.1 Å². The zero-order valence-electron chi connectivity index (χ0n) is 13.5. The lowest BCUT2D eigenvalue weighted by Gasteiger charge is -2.22. The Balaban J connectivity index is 1.73. The number of halogens is 1. The molecule has 1 fully saturated rings. The fraction of sp³-hybridized carbons (Fsp3) is 0.474. The number of nitrogens with zero attached hydrogens (tertiary/aromatic N) is 1. The summed E-state index contributed by atoms with van der Waals surface area (Å²) in [6, 6.07) is 3.90. The molecule has 1 aromatic carbocycles. The predicted octanol–water partition coefficient (Wildman–Crippen LogP) is 4.90. The summed E-state index contributed by atoms with van der Waals surface area (Å²) in [5.74, 6) is 1.39. The van der Waals surface area contributed by atoms with Crippen LogP contribution in [0, 0.1) is 0 Å². The minimum Gasteiger partial charge on any atom is -0.489 e. The molecule has 0 bridgehead atoms. The Kier molecular flexibility index (Phi) is 5.50. The highest BCUT2D eigenvalue weighted by Crippen LogP contribution is 2.38. The topological polar surface area (TPSA) is 21.7 Å². The van der Waals surface area contributed by atoms with Gasteiger partial charge < -0.3 is 14.4 Å². The number of hydrogen-bond donors (Lipinski definition) is 0. The molecule has 3 nitrogen and oxygen atoms in total. The molecule has 2 aliphatic rings. The van der Waals surface area contributed by atoms with E-state index in [0.717, 1.165) is 36.5 Å². The van der Waals surface area contributed by atoms with Crippen LogP contribution in [0.4, 0.5) is 0 Å². The van der Waals surface area contributed by atoms with Gasteiger partial charge in [0, 0.05) is 25.2 Å². The van der Waals surface area contributed by atoms with E-state index in [4.69, 9.17) is 21.1 Å². The van der Waals surface area contributed by atoms with Crippen molar-refractivity contribution in [2.75, 3.05) is 26.3 Å². The molecule has 0 saturated carbocycles. The highest BCUT2D eigenvalue weighted by molar-refractivity contribution is 6.32. The average molecular weight is 334 g/mol. The molecule has 0 unspecified atom stereocenters. The molecule has 0 N–H and O–H groups in total. The number of fused-ring (bicyclic) bond motifs is 1. The first kappa shape index (κ1) is 16.3. The van der Waals surface area contributed by atoms with Crippen molar-refractivity contribution in [3.8, 4) is 11.5 Å². The SMILES string of the molecule is C=C(/C=C/c1cc(Cl)c2c(c1)OCCCO2)N1CCCCCC1. The Morgan fingerprint density at radius 1 is 1.04 bits per heavy atom. The summed E-state index contributed by atoms with van der Waals surface area (Å²) in [5.41, 5.74) is 2.07. The number of rotatable bonds is 3. The second-order valence-corrected chi connectivity index (χ2v) is 6.51. The van der Waals surface area contributed by atoms with Crippen LogP contribution in [-0.2, 0) is 0 Å². The van der Waals surface area contributed by atoms with E-state index in [9.17, 15) is 0 Å². The van der Waals surface area contributed by atoms with E-state index >= 15 is 0 Å². The van der Waals surface area contributed by atoms with Gasteiger partial charge in [0.05, 0.1) is 18.2 Å². The lowest BCUT2D eigenvalue weighted by atomic mass is 10.1. The summed E-state index contributed by atoms with van der Waals surface area (Å²) in [7, 11) is 0. The van der Waals surface area contributed by atoms with Gasteiger partial charge >= 0.3 is 0 Å². The third-order valence-electron chi connectivity index (χ3n) is 4.30. The second-order valence-electron chi connectivity index (χ2n) is 6.11. The number of hydrogen-bond acceptors (Lipinski definition) is 3. The Morgan fingerprint density at radius 3 is 2.57 bits per heavy atom. The Labute approximate surface area is 143 Å². The van der Waals surface area contributed by atoms with Gasteiger partial charge in [-0.05, 0) is 36.6 Å². The maximum absolute atomic E-state index is 6.33. The molecule has 0 radical (unpaired) electrons. The van der Waals surface area contributed by atoms with Gasteiger partial charge in [0.25, 0.3) is 0 Å². The molecule has 0 atom stereocenters. The third kappa shape index (κ3) is 4.23. The van der Waals surface area contributed by atoms with E-state index in [1.807, 2.05) is 18.2 Å². The third-order valence-corrected chi connectivity index (χ3v) is 4.59. The summed E-state index contributed by atoms with van der Waals surface area (Å²) in [5, 5.41) is 0.601. The Bertz CT molecular complexity index is 589. The van der Waals surface area contributed by atoms with Crippen molar-refractivity contribution in [1.29, 1.82) is 0 Å². The largest absolute Gasteiger partial charge is 0.489 e. The quantitative estimate of drug-likeness (QED) is 0.734. The normalized spacial score (nSPS) is 18.6. The van der Waals surface area contributed by atoms with Crippen molar-refractivity contribution in [3.63, 3.8) is 0 Å². The molecular formula is C19H24ClNO2. The van der Waals surface area contributed by atoms with Gasteiger partial charge in [-0.3, -0.25) is 0 Å². The monoisotopic (exact) mass is 333 g/mol. The van der Waals surface area contributed by atoms with E-state index in [0.29, 0.717) is 24.0 Å². The minimum absolute atomic E-state index is 0.601. The summed E-state index contributed by atoms with van der Waals surface area (Å²) in [6.07, 6.45) is 10.2. The van der Waals surface area contributed by atoms with E-state index in [-0.39, 0.29) is 0 Å². The van der Waals surface area contributed by atoms with Crippen LogP contribution in [0.3, 0.4) is 0 Å². The van der Waals surface area contributed by atoms with E-state index in [1.54, 1.807) is 0 Å². The molecule has 1 aromatic rings. The maximum atomic E-state index is 6.33. The van der Waals surface area contributed by atoms with Crippen LogP contribution >= 0.6 is 11.6 Å². The van der Waals surface area contributed by atoms with Gasteiger partial charge in [-0.1, -0.05) is 37.1 Å². The molecule has 3 rings (SSSR count). The number of benzene rings is 1. The summed E-state index contributed by atoms with van der Waals surface area (Å²) < 4.78 is 11.4. The van der Waals surface area contributed by atoms with E-state index in [1.165, 1.54) is 25.7 Å². The van der Waals surface area contributed by atoms with Gasteiger partial charge in [0.2, 0.25) is 0 Å². The van der Waals surface area contributed by atoms with E-state index in [2.05, 4.69) is 17.6 Å². The predicted molar refractivity (Wildman–Crippen MR) is 95.3 cm³/mol. The second kappa shape index (κ2) is 7.78. The van der Waals surface area contributed by atoms with Gasteiger partial charge in [-0.2, -0.15) is 0 Å². The molecule has 1 saturated heterocycles. The highest BCUT2D eigenvalue weighted by Gasteiger charge is 2.15. The molecule has 4 heteroatoms. The van der Waals surface area contributed by atoms with Crippen LogP contribution in [0.2, 0.25) is 5.02 Å². The number of allylic oxidation sites excluding steroid dienone is 1. The molecule has 0 amide bonds. The standard InChI is InChI=1S/C19H24ClNO2/c1-15(21-9-4-2-3-5-10-21)7-8-16-13-17(20)19-18(14-16)22-11-6-12-23-19/h7-8,13-14H,1-6,9-12H2/b8-7+. The molecule has 0 aromatic heterocycles. The lowest BCUT2D eigenvalue weighted by molar-refractivity contribution is 0.297. The van der Waals surface area contributed by atoms with Crippen LogP contribution < -0.4 is 9.47 Å².